The largest absolute Gasteiger partial charge is 0.460 e. The smallest absolute Gasteiger partial charge is 0.323 e. The number of rotatable bonds is 3. The minimum absolute atomic E-state index is 0.0336. The summed E-state index contributed by atoms with van der Waals surface area (Å²) in [5.41, 5.74) is 0. The molecule has 0 radical (unpaired) electrons. The van der Waals surface area contributed by atoms with E-state index in [1.54, 1.807) is 11.9 Å². The molecule has 0 aromatic carbocycles. The fourth-order valence-electron chi connectivity index (χ4n) is 3.04. The number of fused-ring (bicyclic) bond motifs is 2. The number of hydrogen-bond donors (Lipinski definition) is 1. The average Bonchev–Trinajstić information content (AvgIpc) is 3.10. The third-order valence-electron chi connectivity index (χ3n) is 4.21. The molecule has 3 fully saturated rings. The fourth-order valence-corrected chi connectivity index (χ4v) is 3.04. The van der Waals surface area contributed by atoms with Crippen LogP contribution in [0, 0.1) is 0 Å². The summed E-state index contributed by atoms with van der Waals surface area (Å²) in [6, 6.07) is -0.218. The number of morpholine rings is 1. The van der Waals surface area contributed by atoms with Crippen LogP contribution in [0.25, 0.3) is 0 Å². The Labute approximate surface area is 130 Å². The molecule has 0 aliphatic carbocycles. The lowest BCUT2D eigenvalue weighted by Gasteiger charge is -2.19. The molecular formula is C15H24N2O5. The molecular weight excluding hydrogens is 288 g/mol. The van der Waals surface area contributed by atoms with E-state index in [1.165, 1.54) is 6.08 Å². The van der Waals surface area contributed by atoms with Crippen molar-refractivity contribution in [2.75, 3.05) is 33.8 Å². The molecule has 0 aromatic rings. The van der Waals surface area contributed by atoms with Crippen molar-refractivity contribution in [3.63, 3.8) is 0 Å². The first-order valence-corrected chi connectivity index (χ1v) is 7.49. The van der Waals surface area contributed by atoms with E-state index in [-0.39, 0.29) is 36.7 Å². The van der Waals surface area contributed by atoms with Crippen LogP contribution in [0.1, 0.15) is 12.8 Å². The number of hydrogen-bond acceptors (Lipinski definition) is 7. The Balaban J connectivity index is 0.000000170. The first-order valence-electron chi connectivity index (χ1n) is 7.49. The molecule has 3 heterocycles. The normalized spacial score (nSPS) is 34.0. The molecule has 3 saturated heterocycles. The van der Waals surface area contributed by atoms with Gasteiger partial charge in [0.15, 0.2) is 0 Å². The molecule has 0 amide bonds. The highest BCUT2D eigenvalue weighted by Gasteiger charge is 2.44. The Kier molecular flexibility index (Phi) is 5.55. The Morgan fingerprint density at radius 2 is 2.14 bits per heavy atom. The Hall–Kier alpha value is -1.44. The van der Waals surface area contributed by atoms with Gasteiger partial charge in [-0.1, -0.05) is 12.7 Å². The average molecular weight is 312 g/mol. The minimum atomic E-state index is -0.411. The van der Waals surface area contributed by atoms with Gasteiger partial charge in [-0.25, -0.2) is 0 Å². The highest BCUT2D eigenvalue weighted by molar-refractivity contribution is 5.79. The summed E-state index contributed by atoms with van der Waals surface area (Å²) in [5, 5.41) is 9.27. The molecule has 2 bridgehead atoms. The second kappa shape index (κ2) is 7.21. The lowest BCUT2D eigenvalue weighted by molar-refractivity contribution is -0.150. The minimum Gasteiger partial charge on any atom is -0.460 e. The van der Waals surface area contributed by atoms with Gasteiger partial charge < -0.3 is 14.6 Å². The van der Waals surface area contributed by atoms with Crippen molar-refractivity contribution in [2.45, 2.75) is 37.1 Å². The van der Waals surface area contributed by atoms with Crippen molar-refractivity contribution in [1.82, 2.24) is 9.80 Å². The third kappa shape index (κ3) is 3.85. The summed E-state index contributed by atoms with van der Waals surface area (Å²) >= 11 is 0. The van der Waals surface area contributed by atoms with Crippen LogP contribution in [-0.4, -0.2) is 84.9 Å². The molecule has 0 spiro atoms. The maximum Gasteiger partial charge on any atom is 0.323 e. The number of aliphatic hydroxyl groups excluding tert-OH is 1. The number of ether oxygens (including phenoxy) is 2. The molecule has 7 nitrogen and oxygen atoms in total. The maximum absolute atomic E-state index is 11.3. The summed E-state index contributed by atoms with van der Waals surface area (Å²) in [7, 11) is 3.77. The number of carbonyl (C=O) groups is 2. The van der Waals surface area contributed by atoms with E-state index in [1.807, 2.05) is 7.05 Å². The maximum atomic E-state index is 11.3. The van der Waals surface area contributed by atoms with Crippen LogP contribution in [0.4, 0.5) is 0 Å². The first kappa shape index (κ1) is 16.9. The van der Waals surface area contributed by atoms with Crippen molar-refractivity contribution in [3.8, 4) is 0 Å². The zero-order chi connectivity index (χ0) is 16.3. The predicted molar refractivity (Wildman–Crippen MR) is 79.1 cm³/mol. The molecule has 1 N–H and O–H groups in total. The van der Waals surface area contributed by atoms with Gasteiger partial charge in [0, 0.05) is 25.9 Å². The molecule has 3 aliphatic rings. The second-order valence-electron chi connectivity index (χ2n) is 6.01. The third-order valence-corrected chi connectivity index (χ3v) is 4.21. The Bertz CT molecular complexity index is 442. The van der Waals surface area contributed by atoms with E-state index in [4.69, 9.17) is 9.47 Å². The summed E-state index contributed by atoms with van der Waals surface area (Å²) in [6.45, 7) is 5.15. The second-order valence-corrected chi connectivity index (χ2v) is 6.01. The van der Waals surface area contributed by atoms with Crippen molar-refractivity contribution < 1.29 is 24.2 Å². The van der Waals surface area contributed by atoms with Crippen molar-refractivity contribution in [1.29, 1.82) is 0 Å². The van der Waals surface area contributed by atoms with Crippen LogP contribution in [0.5, 0.6) is 0 Å². The summed E-state index contributed by atoms with van der Waals surface area (Å²) in [6.07, 6.45) is 2.70. The van der Waals surface area contributed by atoms with E-state index in [9.17, 15) is 14.7 Å². The zero-order valence-corrected chi connectivity index (χ0v) is 13.1. The van der Waals surface area contributed by atoms with Crippen LogP contribution >= 0.6 is 0 Å². The number of likely N-dealkylation sites (N-methyl/N-ethyl adjacent to an activating group) is 2. The van der Waals surface area contributed by atoms with Crippen molar-refractivity contribution in [2.24, 2.45) is 0 Å². The highest BCUT2D eigenvalue weighted by Crippen LogP contribution is 2.26. The molecule has 7 heteroatoms. The van der Waals surface area contributed by atoms with E-state index in [0.29, 0.717) is 13.0 Å². The molecule has 22 heavy (non-hydrogen) atoms. The number of aliphatic hydroxyl groups is 1. The monoisotopic (exact) mass is 312 g/mol. The SMILES string of the molecule is C=CCOC(=O)[C@H]1C[C@H](O)CN1C.CN1CC2CC1C(=O)O2. The molecule has 4 atom stereocenters. The van der Waals surface area contributed by atoms with Crippen LogP contribution in [-0.2, 0) is 19.1 Å². The number of esters is 2. The lowest BCUT2D eigenvalue weighted by atomic mass is 10.2. The molecule has 0 aromatic heterocycles. The van der Waals surface area contributed by atoms with Crippen molar-refractivity contribution >= 4 is 11.9 Å². The number of nitrogens with zero attached hydrogens (tertiary/aromatic N) is 2. The lowest BCUT2D eigenvalue weighted by Crippen LogP contribution is -2.37. The van der Waals surface area contributed by atoms with Crippen LogP contribution < -0.4 is 0 Å². The van der Waals surface area contributed by atoms with Gasteiger partial charge in [-0.05, 0) is 14.1 Å². The predicted octanol–water partition coefficient (Wildman–Crippen LogP) is -0.603. The van der Waals surface area contributed by atoms with Gasteiger partial charge in [0.05, 0.1) is 6.10 Å². The van der Waals surface area contributed by atoms with Crippen LogP contribution in [0.2, 0.25) is 0 Å². The molecule has 124 valence electrons. The number of carbonyl (C=O) groups excluding carboxylic acids is 2. The van der Waals surface area contributed by atoms with Gasteiger partial charge >= 0.3 is 11.9 Å². The number of β-amino-alcohol motifs (C(OH)–C–C–N with tert-alkyl or cyclic N) is 1. The quantitative estimate of drug-likeness (QED) is 0.550. The summed E-state index contributed by atoms with van der Waals surface area (Å²) in [4.78, 5) is 26.0. The van der Waals surface area contributed by atoms with E-state index >= 15 is 0 Å². The molecule has 2 unspecified atom stereocenters. The highest BCUT2D eigenvalue weighted by atomic mass is 16.6. The molecule has 0 saturated carbocycles. The summed E-state index contributed by atoms with van der Waals surface area (Å²) < 4.78 is 9.83. The van der Waals surface area contributed by atoms with Crippen LogP contribution in [0.3, 0.4) is 0 Å². The zero-order valence-electron chi connectivity index (χ0n) is 13.1. The fraction of sp³-hybridized carbons (Fsp3) is 0.733. The Morgan fingerprint density at radius 3 is 2.55 bits per heavy atom. The van der Waals surface area contributed by atoms with Gasteiger partial charge in [0.25, 0.3) is 0 Å². The Morgan fingerprint density at radius 1 is 1.41 bits per heavy atom. The molecule has 3 aliphatic heterocycles. The van der Waals surface area contributed by atoms with E-state index < -0.39 is 6.10 Å². The van der Waals surface area contributed by atoms with E-state index in [2.05, 4.69) is 11.5 Å². The van der Waals surface area contributed by atoms with Gasteiger partial charge in [0.1, 0.15) is 24.8 Å². The number of likely N-dealkylation sites (tertiary alicyclic amines) is 2. The van der Waals surface area contributed by atoms with Gasteiger partial charge in [-0.3, -0.25) is 19.4 Å². The standard InChI is InChI=1S/C9H15NO3.C6H9NO2/c1-3-4-13-9(12)8-5-7(11)6-10(8)2;1-7-3-4-2-5(7)6(8)9-4/h3,7-8,11H,1,4-6H2,2H3;4-5H,2-3H2,1H3/t7-,8+;/m0./s1. The molecule has 3 rings (SSSR count). The van der Waals surface area contributed by atoms with Gasteiger partial charge in [-0.15, -0.1) is 0 Å². The van der Waals surface area contributed by atoms with E-state index in [0.717, 1.165) is 13.0 Å². The van der Waals surface area contributed by atoms with Crippen LogP contribution in [0.15, 0.2) is 12.7 Å². The first-order chi connectivity index (χ1) is 10.4. The summed E-state index contributed by atoms with van der Waals surface area (Å²) in [5.74, 6) is -0.312. The van der Waals surface area contributed by atoms with Gasteiger partial charge in [-0.2, -0.15) is 0 Å². The van der Waals surface area contributed by atoms with Crippen molar-refractivity contribution in [3.05, 3.63) is 12.7 Å². The van der Waals surface area contributed by atoms with Gasteiger partial charge in [0.2, 0.25) is 0 Å². The topological polar surface area (TPSA) is 79.3 Å².